The molecule has 3 aliphatic rings. The minimum Gasteiger partial charge on any atom is -0.451 e. The summed E-state index contributed by atoms with van der Waals surface area (Å²) in [7, 11) is 0. The maximum atomic E-state index is 14.7. The van der Waals surface area contributed by atoms with Gasteiger partial charge in [-0.1, -0.05) is 26.0 Å². The predicted molar refractivity (Wildman–Crippen MR) is 141 cm³/mol. The summed E-state index contributed by atoms with van der Waals surface area (Å²) in [5.74, 6) is -1.96. The van der Waals surface area contributed by atoms with Gasteiger partial charge in [-0.05, 0) is 57.1 Å². The van der Waals surface area contributed by atoms with Crippen molar-refractivity contribution in [1.29, 1.82) is 0 Å². The molecule has 2 aliphatic heterocycles. The van der Waals surface area contributed by atoms with Gasteiger partial charge in [0.2, 0.25) is 11.8 Å². The highest BCUT2D eigenvalue weighted by molar-refractivity contribution is 6.00. The van der Waals surface area contributed by atoms with Gasteiger partial charge in [-0.3, -0.25) is 19.2 Å². The van der Waals surface area contributed by atoms with E-state index in [0.717, 1.165) is 12.8 Å². The number of nitrogens with one attached hydrogen (secondary N) is 2. The summed E-state index contributed by atoms with van der Waals surface area (Å²) in [5, 5.41) is 5.40. The Labute approximate surface area is 228 Å². The van der Waals surface area contributed by atoms with E-state index in [1.165, 1.54) is 12.1 Å². The van der Waals surface area contributed by atoms with Gasteiger partial charge in [-0.2, -0.15) is 4.39 Å². The molecule has 0 unspecified atom stereocenters. The quantitative estimate of drug-likeness (QED) is 0.464. The lowest BCUT2D eigenvalue weighted by atomic mass is 10.0. The molecule has 3 atom stereocenters. The van der Waals surface area contributed by atoms with Crippen molar-refractivity contribution in [3.05, 3.63) is 29.8 Å². The average Bonchev–Trinajstić information content (AvgIpc) is 3.43. The van der Waals surface area contributed by atoms with Crippen LogP contribution in [-0.2, 0) is 19.1 Å². The Hall–Kier alpha value is -3.21. The van der Waals surface area contributed by atoms with E-state index < -0.39 is 35.8 Å². The largest absolute Gasteiger partial charge is 0.451 e. The first-order valence-electron chi connectivity index (χ1n) is 13.8. The summed E-state index contributed by atoms with van der Waals surface area (Å²) in [6, 6.07) is 4.57. The molecule has 214 valence electrons. The number of nitrogens with zero attached hydrogens (tertiary/aromatic N) is 2. The van der Waals surface area contributed by atoms with E-state index in [4.69, 9.17) is 9.47 Å². The van der Waals surface area contributed by atoms with Gasteiger partial charge in [0.25, 0.3) is 11.8 Å². The first-order valence-corrected chi connectivity index (χ1v) is 13.8. The van der Waals surface area contributed by atoms with Crippen LogP contribution in [0.3, 0.4) is 0 Å². The van der Waals surface area contributed by atoms with Crippen molar-refractivity contribution < 1.29 is 33.0 Å². The van der Waals surface area contributed by atoms with Crippen LogP contribution in [0.1, 0.15) is 63.2 Å². The second-order valence-corrected chi connectivity index (χ2v) is 11.3. The molecule has 1 aliphatic carbocycles. The molecule has 4 amide bonds. The summed E-state index contributed by atoms with van der Waals surface area (Å²) in [4.78, 5) is 55.8. The Morgan fingerprint density at radius 3 is 2.49 bits per heavy atom. The number of alkyl halides is 1. The van der Waals surface area contributed by atoms with Crippen LogP contribution in [0, 0.1) is 5.92 Å². The number of rotatable bonds is 10. The maximum Gasteiger partial charge on any atom is 0.316 e. The smallest absolute Gasteiger partial charge is 0.316 e. The van der Waals surface area contributed by atoms with Crippen molar-refractivity contribution >= 4 is 23.6 Å². The number of hydrogen-bond acceptors (Lipinski definition) is 6. The lowest BCUT2D eigenvalue weighted by Crippen LogP contribution is -2.55. The Kier molecular flexibility index (Phi) is 9.09. The van der Waals surface area contributed by atoms with Crippen LogP contribution in [0.5, 0.6) is 5.75 Å². The number of carbonyl (C=O) groups is 4. The number of para-hydroxylation sites is 1. The molecule has 10 nitrogen and oxygen atoms in total. The number of carbonyl (C=O) groups excluding carboxylic acids is 4. The van der Waals surface area contributed by atoms with Gasteiger partial charge in [0.1, 0.15) is 17.8 Å². The predicted octanol–water partition coefficient (Wildman–Crippen LogP) is 2.02. The summed E-state index contributed by atoms with van der Waals surface area (Å²) >= 11 is 0. The van der Waals surface area contributed by atoms with Gasteiger partial charge < -0.3 is 29.9 Å². The van der Waals surface area contributed by atoms with Crippen molar-refractivity contribution in [1.82, 2.24) is 20.4 Å². The van der Waals surface area contributed by atoms with E-state index in [9.17, 15) is 23.6 Å². The fourth-order valence-corrected chi connectivity index (χ4v) is 5.00. The number of benzene rings is 1. The zero-order valence-electron chi connectivity index (χ0n) is 22.9. The van der Waals surface area contributed by atoms with Crippen LogP contribution >= 0.6 is 0 Å². The summed E-state index contributed by atoms with van der Waals surface area (Å²) < 4.78 is 25.2. The van der Waals surface area contributed by atoms with Crippen LogP contribution in [0.25, 0.3) is 0 Å². The molecule has 4 rings (SSSR count). The van der Waals surface area contributed by atoms with E-state index in [1.807, 2.05) is 20.8 Å². The Balaban J connectivity index is 1.45. The average molecular weight is 547 g/mol. The third kappa shape index (κ3) is 7.26. The zero-order chi connectivity index (χ0) is 28.2. The van der Waals surface area contributed by atoms with E-state index in [-0.39, 0.29) is 29.0 Å². The number of morpholine rings is 1. The molecule has 0 bridgehead atoms. The molecule has 11 heteroatoms. The summed E-state index contributed by atoms with van der Waals surface area (Å²) in [6.07, 6.45) is 0.873. The second-order valence-electron chi connectivity index (χ2n) is 11.3. The number of halogens is 1. The molecular weight excluding hydrogens is 507 g/mol. The van der Waals surface area contributed by atoms with E-state index in [0.29, 0.717) is 52.1 Å². The highest BCUT2D eigenvalue weighted by atomic mass is 19.1. The van der Waals surface area contributed by atoms with Crippen molar-refractivity contribution in [2.45, 2.75) is 76.9 Å². The molecule has 2 heterocycles. The SMILES string of the molecule is CC(C)C[C@@H](NC(=O)c1ccccc1O[C@H](F)C(=O)NC1(C)CC1)C(=O)N1CCC[C@@H]1C(=O)N1CCOCC1. The van der Waals surface area contributed by atoms with Gasteiger partial charge in [-0.15, -0.1) is 0 Å². The van der Waals surface area contributed by atoms with Crippen molar-refractivity contribution in [3.63, 3.8) is 0 Å². The first kappa shape index (κ1) is 28.8. The topological polar surface area (TPSA) is 117 Å². The first-order chi connectivity index (χ1) is 18.6. The van der Waals surface area contributed by atoms with Gasteiger partial charge in [-0.25, -0.2) is 0 Å². The van der Waals surface area contributed by atoms with E-state index >= 15 is 0 Å². The van der Waals surface area contributed by atoms with Gasteiger partial charge in [0.05, 0.1) is 18.8 Å². The normalized spacial score (nSPS) is 21.7. The number of ether oxygens (including phenoxy) is 2. The lowest BCUT2D eigenvalue weighted by Gasteiger charge is -2.34. The van der Waals surface area contributed by atoms with Crippen molar-refractivity contribution in [3.8, 4) is 5.75 Å². The fraction of sp³-hybridized carbons (Fsp3) is 0.643. The fourth-order valence-electron chi connectivity index (χ4n) is 5.00. The Morgan fingerprint density at radius 2 is 1.82 bits per heavy atom. The lowest BCUT2D eigenvalue weighted by molar-refractivity contribution is -0.147. The van der Waals surface area contributed by atoms with Crippen LogP contribution in [-0.4, -0.2) is 90.3 Å². The molecule has 0 aromatic heterocycles. The second kappa shape index (κ2) is 12.3. The third-order valence-electron chi connectivity index (χ3n) is 7.45. The maximum absolute atomic E-state index is 14.7. The molecule has 1 saturated carbocycles. The van der Waals surface area contributed by atoms with Crippen molar-refractivity contribution in [2.24, 2.45) is 5.92 Å². The molecule has 39 heavy (non-hydrogen) atoms. The standard InChI is InChI=1S/C28H39FN4O6/c1-18(2)17-20(26(36)33-12-6-8-21(33)27(37)32-13-15-38-16-14-32)30-24(34)19-7-4-5-9-22(19)39-23(29)25(35)31-28(3)10-11-28/h4-5,7,9,18,20-21,23H,6,8,10-17H2,1-3H3,(H,30,34)(H,31,35)/t20-,21-,23+/m1/s1. The van der Waals surface area contributed by atoms with Gasteiger partial charge >= 0.3 is 6.36 Å². The van der Waals surface area contributed by atoms with Crippen molar-refractivity contribution in [2.75, 3.05) is 32.8 Å². The van der Waals surface area contributed by atoms with E-state index in [2.05, 4.69) is 10.6 Å². The Morgan fingerprint density at radius 1 is 1.13 bits per heavy atom. The van der Waals surface area contributed by atoms with Crippen LogP contribution < -0.4 is 15.4 Å². The minimum atomic E-state index is -2.29. The van der Waals surface area contributed by atoms with Crippen LogP contribution in [0.2, 0.25) is 0 Å². The highest BCUT2D eigenvalue weighted by Crippen LogP contribution is 2.34. The van der Waals surface area contributed by atoms with Gasteiger partial charge in [0, 0.05) is 25.2 Å². The number of likely N-dealkylation sites (tertiary alicyclic amines) is 1. The molecule has 2 N–H and O–H groups in total. The molecule has 0 spiro atoms. The number of amides is 4. The molecule has 1 aromatic carbocycles. The summed E-state index contributed by atoms with van der Waals surface area (Å²) in [5.41, 5.74) is -0.405. The monoisotopic (exact) mass is 546 g/mol. The molecule has 2 saturated heterocycles. The third-order valence-corrected chi connectivity index (χ3v) is 7.45. The zero-order valence-corrected chi connectivity index (χ0v) is 22.9. The van der Waals surface area contributed by atoms with E-state index in [1.54, 1.807) is 21.9 Å². The van der Waals surface area contributed by atoms with Crippen LogP contribution in [0.15, 0.2) is 24.3 Å². The molecule has 3 fully saturated rings. The Bertz CT molecular complexity index is 1070. The molecule has 1 aromatic rings. The number of hydrogen-bond donors (Lipinski definition) is 2. The summed E-state index contributed by atoms with van der Waals surface area (Å²) in [6.45, 7) is 8.07. The highest BCUT2D eigenvalue weighted by Gasteiger charge is 2.41. The molecular formula is C28H39FN4O6. The minimum absolute atomic E-state index is 0.00880. The van der Waals surface area contributed by atoms with Gasteiger partial charge in [0.15, 0.2) is 0 Å². The van der Waals surface area contributed by atoms with Crippen LogP contribution in [0.4, 0.5) is 4.39 Å². The molecule has 0 radical (unpaired) electrons.